The van der Waals surface area contributed by atoms with E-state index in [4.69, 9.17) is 0 Å². The van der Waals surface area contributed by atoms with Gasteiger partial charge in [-0.3, -0.25) is 4.39 Å². The predicted molar refractivity (Wildman–Crippen MR) is 48.5 cm³/mol. The molecule has 0 nitrogen and oxygen atoms in total. The van der Waals surface area contributed by atoms with Crippen molar-refractivity contribution in [2.75, 3.05) is 6.67 Å². The predicted octanol–water partition coefficient (Wildman–Crippen LogP) is 3.87. The van der Waals surface area contributed by atoms with Crippen LogP contribution in [-0.2, 0) is 0 Å². The lowest BCUT2D eigenvalue weighted by Crippen LogP contribution is -1.81. The molecular weight excluding hydrogens is 139 g/mol. The highest BCUT2D eigenvalue weighted by Crippen LogP contribution is 2.08. The van der Waals surface area contributed by atoms with E-state index in [1.807, 2.05) is 0 Å². The SMILES string of the molecule is C=C(C)CCCCCCCF. The van der Waals surface area contributed by atoms with Gasteiger partial charge < -0.3 is 0 Å². The van der Waals surface area contributed by atoms with Gasteiger partial charge in [-0.2, -0.15) is 0 Å². The first-order chi connectivity index (χ1) is 5.27. The van der Waals surface area contributed by atoms with Crippen LogP contribution in [0.4, 0.5) is 4.39 Å². The molecule has 0 heterocycles. The van der Waals surface area contributed by atoms with Crippen molar-refractivity contribution in [3.8, 4) is 0 Å². The van der Waals surface area contributed by atoms with Gasteiger partial charge in [-0.25, -0.2) is 0 Å². The summed E-state index contributed by atoms with van der Waals surface area (Å²) < 4.78 is 11.6. The van der Waals surface area contributed by atoms with Crippen LogP contribution in [-0.4, -0.2) is 6.67 Å². The van der Waals surface area contributed by atoms with Gasteiger partial charge >= 0.3 is 0 Å². The lowest BCUT2D eigenvalue weighted by atomic mass is 10.1. The third-order valence-electron chi connectivity index (χ3n) is 1.74. The van der Waals surface area contributed by atoms with E-state index >= 15 is 0 Å². The molecule has 0 atom stereocenters. The molecule has 0 spiro atoms. The zero-order chi connectivity index (χ0) is 8.53. The van der Waals surface area contributed by atoms with Crippen LogP contribution in [0, 0.1) is 0 Å². The lowest BCUT2D eigenvalue weighted by molar-refractivity contribution is 0.451. The van der Waals surface area contributed by atoms with Crippen LogP contribution in [0.5, 0.6) is 0 Å². The molecule has 0 bridgehead atoms. The third-order valence-corrected chi connectivity index (χ3v) is 1.74. The second-order valence-corrected chi connectivity index (χ2v) is 3.16. The van der Waals surface area contributed by atoms with Gasteiger partial charge in [0.15, 0.2) is 0 Å². The molecule has 0 aromatic heterocycles. The van der Waals surface area contributed by atoms with Crippen molar-refractivity contribution in [1.29, 1.82) is 0 Å². The summed E-state index contributed by atoms with van der Waals surface area (Å²) in [4.78, 5) is 0. The summed E-state index contributed by atoms with van der Waals surface area (Å²) in [6, 6.07) is 0. The van der Waals surface area contributed by atoms with E-state index in [-0.39, 0.29) is 6.67 Å². The molecule has 0 aromatic carbocycles. The highest BCUT2D eigenvalue weighted by atomic mass is 19.1. The van der Waals surface area contributed by atoms with E-state index in [1.165, 1.54) is 24.8 Å². The van der Waals surface area contributed by atoms with E-state index in [0.717, 1.165) is 19.3 Å². The normalized spacial score (nSPS) is 10.0. The molecule has 0 aromatic rings. The molecule has 0 aliphatic rings. The summed E-state index contributed by atoms with van der Waals surface area (Å²) in [6.45, 7) is 5.73. The van der Waals surface area contributed by atoms with Gasteiger partial charge in [0.25, 0.3) is 0 Å². The van der Waals surface area contributed by atoms with Crippen molar-refractivity contribution >= 4 is 0 Å². The molecule has 11 heavy (non-hydrogen) atoms. The molecule has 0 unspecified atom stereocenters. The summed E-state index contributed by atoms with van der Waals surface area (Å²) >= 11 is 0. The molecule has 66 valence electrons. The number of hydrogen-bond acceptors (Lipinski definition) is 0. The Labute approximate surface area is 69.5 Å². The first-order valence-corrected chi connectivity index (χ1v) is 4.47. The highest BCUT2D eigenvalue weighted by Gasteiger charge is 1.90. The Morgan fingerprint density at radius 3 is 2.18 bits per heavy atom. The van der Waals surface area contributed by atoms with Gasteiger partial charge in [-0.05, 0) is 26.2 Å². The van der Waals surface area contributed by atoms with E-state index in [0.29, 0.717) is 0 Å². The maximum atomic E-state index is 11.6. The smallest absolute Gasteiger partial charge is 0.0894 e. The highest BCUT2D eigenvalue weighted by molar-refractivity contribution is 4.86. The largest absolute Gasteiger partial charge is 0.251 e. The average molecular weight is 158 g/mol. The number of unbranched alkanes of at least 4 members (excludes halogenated alkanes) is 4. The molecule has 1 heteroatoms. The van der Waals surface area contributed by atoms with Crippen molar-refractivity contribution in [1.82, 2.24) is 0 Å². The first kappa shape index (κ1) is 10.7. The fraction of sp³-hybridized carbons (Fsp3) is 0.800. The molecule has 0 saturated heterocycles. The van der Waals surface area contributed by atoms with Gasteiger partial charge in [-0.1, -0.05) is 24.8 Å². The van der Waals surface area contributed by atoms with Crippen molar-refractivity contribution in [3.05, 3.63) is 12.2 Å². The minimum absolute atomic E-state index is 0.152. The Morgan fingerprint density at radius 2 is 1.64 bits per heavy atom. The first-order valence-electron chi connectivity index (χ1n) is 4.47. The van der Waals surface area contributed by atoms with E-state index < -0.39 is 0 Å². The van der Waals surface area contributed by atoms with Crippen LogP contribution in [0.1, 0.15) is 45.4 Å². The summed E-state index contributed by atoms with van der Waals surface area (Å²) in [5, 5.41) is 0. The summed E-state index contributed by atoms with van der Waals surface area (Å²) in [6.07, 6.45) is 6.56. The Bertz CT molecular complexity index is 97.0. The van der Waals surface area contributed by atoms with E-state index in [9.17, 15) is 4.39 Å². The van der Waals surface area contributed by atoms with E-state index in [2.05, 4.69) is 13.5 Å². The van der Waals surface area contributed by atoms with Crippen molar-refractivity contribution in [2.45, 2.75) is 45.4 Å². The molecule has 0 fully saturated rings. The zero-order valence-corrected chi connectivity index (χ0v) is 7.53. The van der Waals surface area contributed by atoms with Gasteiger partial charge in [0.05, 0.1) is 6.67 Å². The minimum Gasteiger partial charge on any atom is -0.251 e. The lowest BCUT2D eigenvalue weighted by Gasteiger charge is -1.99. The molecule has 0 saturated carbocycles. The van der Waals surface area contributed by atoms with Gasteiger partial charge in [0.1, 0.15) is 0 Å². The number of allylic oxidation sites excluding steroid dienone is 1. The van der Waals surface area contributed by atoms with Gasteiger partial charge in [0.2, 0.25) is 0 Å². The number of hydrogen-bond donors (Lipinski definition) is 0. The topological polar surface area (TPSA) is 0 Å². The van der Waals surface area contributed by atoms with E-state index in [1.54, 1.807) is 0 Å². The van der Waals surface area contributed by atoms with Crippen LogP contribution in [0.2, 0.25) is 0 Å². The quantitative estimate of drug-likeness (QED) is 0.389. The molecule has 0 amide bonds. The van der Waals surface area contributed by atoms with Gasteiger partial charge in [-0.15, -0.1) is 6.58 Å². The van der Waals surface area contributed by atoms with Crippen LogP contribution in [0.15, 0.2) is 12.2 Å². The number of alkyl halides is 1. The fourth-order valence-corrected chi connectivity index (χ4v) is 1.05. The Hall–Kier alpha value is -0.330. The Morgan fingerprint density at radius 1 is 1.09 bits per heavy atom. The summed E-state index contributed by atoms with van der Waals surface area (Å²) in [7, 11) is 0. The Balaban J connectivity index is 2.85. The number of halogens is 1. The van der Waals surface area contributed by atoms with Crippen molar-refractivity contribution in [3.63, 3.8) is 0 Å². The molecular formula is C10H19F. The van der Waals surface area contributed by atoms with Crippen molar-refractivity contribution < 1.29 is 4.39 Å². The third kappa shape index (κ3) is 9.67. The van der Waals surface area contributed by atoms with Crippen LogP contribution in [0.3, 0.4) is 0 Å². The fourth-order valence-electron chi connectivity index (χ4n) is 1.05. The Kier molecular flexibility index (Phi) is 7.54. The molecule has 0 N–H and O–H groups in total. The van der Waals surface area contributed by atoms with Crippen LogP contribution >= 0.6 is 0 Å². The maximum absolute atomic E-state index is 11.6. The molecule has 0 aliphatic heterocycles. The maximum Gasteiger partial charge on any atom is 0.0894 e. The van der Waals surface area contributed by atoms with Gasteiger partial charge in [0, 0.05) is 0 Å². The molecule has 0 aliphatic carbocycles. The standard InChI is InChI=1S/C10H19F/c1-10(2)8-6-4-3-5-7-9-11/h1,3-9H2,2H3. The zero-order valence-electron chi connectivity index (χ0n) is 7.53. The van der Waals surface area contributed by atoms with Crippen LogP contribution in [0.25, 0.3) is 0 Å². The van der Waals surface area contributed by atoms with Crippen molar-refractivity contribution in [2.24, 2.45) is 0 Å². The molecule has 0 radical (unpaired) electrons. The van der Waals surface area contributed by atoms with Crippen LogP contribution < -0.4 is 0 Å². The summed E-state index contributed by atoms with van der Waals surface area (Å²) in [5.41, 5.74) is 1.26. The monoisotopic (exact) mass is 158 g/mol. The summed E-state index contributed by atoms with van der Waals surface area (Å²) in [5.74, 6) is 0. The second kappa shape index (κ2) is 7.77. The average Bonchev–Trinajstić information content (AvgIpc) is 1.96. The second-order valence-electron chi connectivity index (χ2n) is 3.16. The molecule has 0 rings (SSSR count). The minimum atomic E-state index is -0.152. The number of rotatable bonds is 7.